The van der Waals surface area contributed by atoms with Gasteiger partial charge >= 0.3 is 0 Å². The quantitative estimate of drug-likeness (QED) is 0.723. The zero-order valence-corrected chi connectivity index (χ0v) is 10.5. The highest BCUT2D eigenvalue weighted by molar-refractivity contribution is 5.79. The second-order valence-corrected chi connectivity index (χ2v) is 4.64. The number of hydrogen-bond donors (Lipinski definition) is 0. The molecule has 0 aromatic heterocycles. The summed E-state index contributed by atoms with van der Waals surface area (Å²) in [6.45, 7) is 8.74. The molecule has 0 saturated heterocycles. The Labute approximate surface area is 98.3 Å². The molecule has 0 bridgehead atoms. The summed E-state index contributed by atoms with van der Waals surface area (Å²) in [6.07, 6.45) is 10.6. The maximum absolute atomic E-state index is 10.4. The molecule has 0 unspecified atom stereocenters. The van der Waals surface area contributed by atoms with E-state index in [-0.39, 0.29) is 0 Å². The van der Waals surface area contributed by atoms with Gasteiger partial charge in [0.2, 0.25) is 6.29 Å². The average molecular weight is 218 g/mol. The third-order valence-electron chi connectivity index (χ3n) is 2.66. The Morgan fingerprint density at radius 3 is 2.25 bits per heavy atom. The molecule has 0 amide bonds. The van der Waals surface area contributed by atoms with Gasteiger partial charge in [-0.15, -0.1) is 0 Å². The normalized spacial score (nSPS) is 18.1. The molecule has 1 rings (SSSR count). The number of hydrogen-bond acceptors (Lipinski definition) is 2. The Morgan fingerprint density at radius 1 is 1.25 bits per heavy atom. The van der Waals surface area contributed by atoms with E-state index in [0.29, 0.717) is 17.7 Å². The van der Waals surface area contributed by atoms with Crippen LogP contribution in [-0.4, -0.2) is 23.3 Å². The van der Waals surface area contributed by atoms with E-state index in [0.717, 1.165) is 6.42 Å². The molecule has 1 aliphatic carbocycles. The van der Waals surface area contributed by atoms with Crippen molar-refractivity contribution in [3.05, 3.63) is 35.6 Å². The van der Waals surface area contributed by atoms with Gasteiger partial charge in [-0.1, -0.05) is 18.2 Å². The third kappa shape index (κ3) is 3.37. The van der Waals surface area contributed by atoms with Crippen LogP contribution in [0.3, 0.4) is 0 Å². The van der Waals surface area contributed by atoms with Gasteiger partial charge in [0.15, 0.2) is 0 Å². The lowest BCUT2D eigenvalue weighted by molar-refractivity contribution is 0.254. The van der Waals surface area contributed by atoms with Crippen LogP contribution in [0.2, 0.25) is 0 Å². The molecule has 0 spiro atoms. The highest BCUT2D eigenvalue weighted by Gasteiger charge is 2.10. The van der Waals surface area contributed by atoms with Gasteiger partial charge in [-0.2, -0.15) is 0 Å². The summed E-state index contributed by atoms with van der Waals surface area (Å²) in [7, 11) is 0. The van der Waals surface area contributed by atoms with Crippen LogP contribution in [0, 0.1) is 0 Å². The van der Waals surface area contributed by atoms with Crippen molar-refractivity contribution in [3.63, 3.8) is 0 Å². The van der Waals surface area contributed by atoms with Crippen LogP contribution in [0.1, 0.15) is 34.1 Å². The molecule has 0 N–H and O–H groups in total. The van der Waals surface area contributed by atoms with E-state index >= 15 is 0 Å². The van der Waals surface area contributed by atoms with E-state index < -0.39 is 0 Å². The van der Waals surface area contributed by atoms with E-state index in [1.54, 1.807) is 0 Å². The van der Waals surface area contributed by atoms with Crippen LogP contribution >= 0.6 is 0 Å². The van der Waals surface area contributed by atoms with Crippen LogP contribution in [0.5, 0.6) is 0 Å². The van der Waals surface area contributed by atoms with Crippen LogP contribution in [0.25, 0.3) is 0 Å². The summed E-state index contributed by atoms with van der Waals surface area (Å²) in [6, 6.07) is 0.979. The Morgan fingerprint density at radius 2 is 1.88 bits per heavy atom. The maximum Gasteiger partial charge on any atom is 0.233 e. The van der Waals surface area contributed by atoms with E-state index in [9.17, 15) is 4.79 Å². The first-order chi connectivity index (χ1) is 7.54. The lowest BCUT2D eigenvalue weighted by Crippen LogP contribution is -2.32. The molecular formula is C14H20NO. The van der Waals surface area contributed by atoms with E-state index in [1.807, 2.05) is 24.5 Å². The smallest absolute Gasteiger partial charge is 0.233 e. The minimum atomic E-state index is 0.490. The Balaban J connectivity index is 2.75. The minimum Gasteiger partial charge on any atom is -0.372 e. The standard InChI is InChI=1S/C14H20NO/c1-11(2)15(12(3)4)9-13-5-7-14(10-16)8-6-13/h5,7-9,11-12H,6H2,1-4H3. The zero-order chi connectivity index (χ0) is 12.1. The number of allylic oxidation sites excluding steroid dienone is 5. The summed E-state index contributed by atoms with van der Waals surface area (Å²) < 4.78 is 0. The third-order valence-corrected chi connectivity index (χ3v) is 2.66. The van der Waals surface area contributed by atoms with Crippen molar-refractivity contribution < 1.29 is 4.79 Å². The molecule has 0 saturated carbocycles. The van der Waals surface area contributed by atoms with Gasteiger partial charge in [0.05, 0.1) is 0 Å². The van der Waals surface area contributed by atoms with Gasteiger partial charge in [0.25, 0.3) is 0 Å². The SMILES string of the molecule is CC(C)N(C=C1C=CC([C]=O)=CC1)C(C)C. The highest BCUT2D eigenvalue weighted by atomic mass is 16.1. The number of nitrogens with zero attached hydrogens (tertiary/aromatic N) is 1. The fraction of sp³-hybridized carbons (Fsp3) is 0.500. The zero-order valence-electron chi connectivity index (χ0n) is 10.5. The largest absolute Gasteiger partial charge is 0.372 e. The van der Waals surface area contributed by atoms with Crippen LogP contribution in [-0.2, 0) is 4.79 Å². The lowest BCUT2D eigenvalue weighted by Gasteiger charge is -2.30. The maximum atomic E-state index is 10.4. The van der Waals surface area contributed by atoms with Crippen molar-refractivity contribution in [1.29, 1.82) is 0 Å². The predicted octanol–water partition coefficient (Wildman–Crippen LogP) is 2.99. The fourth-order valence-electron chi connectivity index (χ4n) is 1.82. The molecule has 16 heavy (non-hydrogen) atoms. The van der Waals surface area contributed by atoms with E-state index in [2.05, 4.69) is 38.8 Å². The van der Waals surface area contributed by atoms with Gasteiger partial charge in [0, 0.05) is 23.9 Å². The number of carbonyl (C=O) groups excluding carboxylic acids is 1. The molecule has 0 aromatic carbocycles. The lowest BCUT2D eigenvalue weighted by atomic mass is 10.0. The average Bonchev–Trinajstić information content (AvgIpc) is 2.25. The van der Waals surface area contributed by atoms with Crippen LogP contribution in [0.4, 0.5) is 0 Å². The van der Waals surface area contributed by atoms with Gasteiger partial charge < -0.3 is 4.90 Å². The Hall–Kier alpha value is -1.31. The van der Waals surface area contributed by atoms with Crippen LogP contribution in [0.15, 0.2) is 35.6 Å². The van der Waals surface area contributed by atoms with Crippen molar-refractivity contribution in [2.45, 2.75) is 46.2 Å². The molecular weight excluding hydrogens is 198 g/mol. The summed E-state index contributed by atoms with van der Waals surface area (Å²) >= 11 is 0. The Bertz CT molecular complexity index is 327. The number of rotatable bonds is 4. The van der Waals surface area contributed by atoms with Crippen molar-refractivity contribution in [2.75, 3.05) is 0 Å². The molecule has 0 atom stereocenters. The van der Waals surface area contributed by atoms with Crippen LogP contribution < -0.4 is 0 Å². The van der Waals surface area contributed by atoms with Gasteiger partial charge in [-0.05, 0) is 39.7 Å². The summed E-state index contributed by atoms with van der Waals surface area (Å²) in [5, 5.41) is 0. The molecule has 1 aliphatic rings. The predicted molar refractivity (Wildman–Crippen MR) is 67.7 cm³/mol. The van der Waals surface area contributed by atoms with Crippen molar-refractivity contribution >= 4 is 6.29 Å². The minimum absolute atomic E-state index is 0.490. The van der Waals surface area contributed by atoms with E-state index in [4.69, 9.17) is 0 Å². The highest BCUT2D eigenvalue weighted by Crippen LogP contribution is 2.17. The summed E-state index contributed by atoms with van der Waals surface area (Å²) in [5.74, 6) is 0. The molecule has 0 heterocycles. The molecule has 1 radical (unpaired) electrons. The summed E-state index contributed by atoms with van der Waals surface area (Å²) in [5.41, 5.74) is 1.89. The first-order valence-electron chi connectivity index (χ1n) is 5.79. The van der Waals surface area contributed by atoms with Gasteiger partial charge in [0.1, 0.15) is 0 Å². The molecule has 2 nitrogen and oxygen atoms in total. The van der Waals surface area contributed by atoms with Gasteiger partial charge in [-0.25, -0.2) is 0 Å². The molecule has 2 heteroatoms. The molecule has 0 aromatic rings. The Kier molecular flexibility index (Phi) is 4.53. The molecule has 87 valence electrons. The second-order valence-electron chi connectivity index (χ2n) is 4.64. The van der Waals surface area contributed by atoms with Crippen molar-refractivity contribution in [1.82, 2.24) is 4.90 Å². The molecule has 0 aliphatic heterocycles. The van der Waals surface area contributed by atoms with Crippen molar-refractivity contribution in [3.8, 4) is 0 Å². The topological polar surface area (TPSA) is 20.3 Å². The van der Waals surface area contributed by atoms with E-state index in [1.165, 1.54) is 5.57 Å². The summed E-state index contributed by atoms with van der Waals surface area (Å²) in [4.78, 5) is 12.8. The van der Waals surface area contributed by atoms with Gasteiger partial charge in [-0.3, -0.25) is 4.79 Å². The fourth-order valence-corrected chi connectivity index (χ4v) is 1.82. The molecule has 0 fully saturated rings. The monoisotopic (exact) mass is 218 g/mol. The first-order valence-corrected chi connectivity index (χ1v) is 5.79. The van der Waals surface area contributed by atoms with Crippen molar-refractivity contribution in [2.24, 2.45) is 0 Å². The second kappa shape index (κ2) is 5.69. The first kappa shape index (κ1) is 12.8.